The summed E-state index contributed by atoms with van der Waals surface area (Å²) in [5, 5.41) is 0.365. The third-order valence-corrected chi connectivity index (χ3v) is 4.96. The van der Waals surface area contributed by atoms with Crippen molar-refractivity contribution in [3.8, 4) is 11.1 Å². The number of hydrogen-bond acceptors (Lipinski definition) is 2. The first kappa shape index (κ1) is 16.6. The van der Waals surface area contributed by atoms with E-state index in [9.17, 15) is 8.78 Å². The first-order valence-electron chi connectivity index (χ1n) is 7.48. The largest absolute Gasteiger partial charge is 0.279 e. The van der Waals surface area contributed by atoms with Crippen molar-refractivity contribution in [1.29, 1.82) is 0 Å². The molecule has 1 aliphatic heterocycles. The fraction of sp³-hybridized carbons (Fsp3) is 0.0526. The molecule has 1 aliphatic rings. The van der Waals surface area contributed by atoms with Gasteiger partial charge < -0.3 is 0 Å². The van der Waals surface area contributed by atoms with Gasteiger partial charge in [-0.05, 0) is 69.6 Å². The van der Waals surface area contributed by atoms with Gasteiger partial charge in [0.05, 0.1) is 17.8 Å². The van der Waals surface area contributed by atoms with Gasteiger partial charge in [0.15, 0.2) is 0 Å². The highest BCUT2D eigenvalue weighted by molar-refractivity contribution is 14.1. The molecule has 0 unspecified atom stereocenters. The van der Waals surface area contributed by atoms with Crippen molar-refractivity contribution in [2.24, 2.45) is 4.99 Å². The first-order valence-corrected chi connectivity index (χ1v) is 8.94. The molecule has 0 N–H and O–H groups in total. The summed E-state index contributed by atoms with van der Waals surface area (Å²) in [6.45, 7) is 0.272. The number of aromatic nitrogens is 1. The van der Waals surface area contributed by atoms with E-state index in [1.165, 1.54) is 18.2 Å². The summed E-state index contributed by atoms with van der Waals surface area (Å²) in [5.74, 6) is -1.27. The Labute approximate surface area is 161 Å². The van der Waals surface area contributed by atoms with Gasteiger partial charge >= 0.3 is 0 Å². The minimum absolute atomic E-state index is 0.113. The molecule has 3 aromatic rings. The minimum atomic E-state index is -0.634. The highest BCUT2D eigenvalue weighted by Crippen LogP contribution is 2.35. The SMILES string of the molecule is Fc1cccc(F)c1C1=NCc2cnc(Cl)cc2-c2ccc(I)cc21. The number of halogens is 4. The monoisotopic (exact) mass is 466 g/mol. The Kier molecular flexibility index (Phi) is 4.29. The maximum absolute atomic E-state index is 14.4. The zero-order valence-corrected chi connectivity index (χ0v) is 15.6. The topological polar surface area (TPSA) is 25.2 Å². The van der Waals surface area contributed by atoms with Gasteiger partial charge in [0, 0.05) is 15.3 Å². The lowest BCUT2D eigenvalue weighted by atomic mass is 9.92. The molecule has 2 aromatic carbocycles. The smallest absolute Gasteiger partial charge is 0.135 e. The third-order valence-electron chi connectivity index (χ3n) is 4.09. The summed E-state index contributed by atoms with van der Waals surface area (Å²) in [7, 11) is 0. The van der Waals surface area contributed by atoms with Crippen LogP contribution in [0.5, 0.6) is 0 Å². The quantitative estimate of drug-likeness (QED) is 0.337. The minimum Gasteiger partial charge on any atom is -0.279 e. The molecule has 0 atom stereocenters. The van der Waals surface area contributed by atoms with Crippen molar-refractivity contribution in [1.82, 2.24) is 4.98 Å². The third kappa shape index (κ3) is 2.95. The van der Waals surface area contributed by atoms with E-state index in [-0.39, 0.29) is 12.1 Å². The van der Waals surface area contributed by atoms with Crippen molar-refractivity contribution in [3.63, 3.8) is 0 Å². The lowest BCUT2D eigenvalue weighted by Gasteiger charge is -2.13. The molecule has 0 bridgehead atoms. The zero-order valence-electron chi connectivity index (χ0n) is 12.7. The van der Waals surface area contributed by atoms with Crippen LogP contribution in [0, 0.1) is 15.2 Å². The van der Waals surface area contributed by atoms with E-state index in [0.29, 0.717) is 16.4 Å². The van der Waals surface area contributed by atoms with Crippen molar-refractivity contribution in [3.05, 3.63) is 85.7 Å². The number of aliphatic imine (C=N–C) groups is 1. The van der Waals surface area contributed by atoms with Crippen LogP contribution in [0.3, 0.4) is 0 Å². The molecule has 1 aromatic heterocycles. The predicted octanol–water partition coefficient (Wildman–Crippen LogP) is 5.64. The summed E-state index contributed by atoms with van der Waals surface area (Å²) in [4.78, 5) is 8.62. The molecule has 0 radical (unpaired) electrons. The summed E-state index contributed by atoms with van der Waals surface area (Å²) >= 11 is 8.23. The zero-order chi connectivity index (χ0) is 17.6. The Balaban J connectivity index is 2.04. The normalized spacial score (nSPS) is 12.9. The number of rotatable bonds is 1. The van der Waals surface area contributed by atoms with Crippen LogP contribution in [0.15, 0.2) is 53.7 Å². The Hall–Kier alpha value is -1.86. The van der Waals surface area contributed by atoms with Crippen LogP contribution < -0.4 is 0 Å². The molecule has 6 heteroatoms. The maximum Gasteiger partial charge on any atom is 0.135 e. The van der Waals surface area contributed by atoms with Crippen molar-refractivity contribution in [2.75, 3.05) is 0 Å². The molecular weight excluding hydrogens is 457 g/mol. The first-order chi connectivity index (χ1) is 12.0. The van der Waals surface area contributed by atoms with E-state index in [0.717, 1.165) is 20.3 Å². The van der Waals surface area contributed by atoms with E-state index in [2.05, 4.69) is 32.6 Å². The molecule has 0 spiro atoms. The second-order valence-corrected chi connectivity index (χ2v) is 7.25. The van der Waals surface area contributed by atoms with Crippen LogP contribution >= 0.6 is 34.2 Å². The van der Waals surface area contributed by atoms with Crippen molar-refractivity contribution < 1.29 is 8.78 Å². The Bertz CT molecular complexity index is 1010. The van der Waals surface area contributed by atoms with Crippen LogP contribution in [0.4, 0.5) is 8.78 Å². The van der Waals surface area contributed by atoms with Crippen molar-refractivity contribution >= 4 is 39.9 Å². The van der Waals surface area contributed by atoms with Crippen LogP contribution in [0.25, 0.3) is 11.1 Å². The number of fused-ring (bicyclic) bond motifs is 3. The second kappa shape index (κ2) is 6.46. The number of hydrogen-bond donors (Lipinski definition) is 0. The predicted molar refractivity (Wildman–Crippen MR) is 103 cm³/mol. The average molecular weight is 467 g/mol. The van der Waals surface area contributed by atoms with E-state index >= 15 is 0 Å². The van der Waals surface area contributed by atoms with Gasteiger partial charge in [0.1, 0.15) is 16.8 Å². The fourth-order valence-electron chi connectivity index (χ4n) is 2.97. The molecule has 0 amide bonds. The molecule has 124 valence electrons. The lowest BCUT2D eigenvalue weighted by molar-refractivity contribution is 0.579. The Morgan fingerprint density at radius 1 is 0.960 bits per heavy atom. The number of benzene rings is 2. The van der Waals surface area contributed by atoms with Gasteiger partial charge in [-0.2, -0.15) is 0 Å². The highest BCUT2D eigenvalue weighted by atomic mass is 127. The lowest BCUT2D eigenvalue weighted by Crippen LogP contribution is -2.10. The van der Waals surface area contributed by atoms with E-state index in [4.69, 9.17) is 11.6 Å². The summed E-state index contributed by atoms with van der Waals surface area (Å²) in [6.07, 6.45) is 1.66. The van der Waals surface area contributed by atoms with Crippen LogP contribution in [0.1, 0.15) is 16.7 Å². The molecular formula is C19H10ClF2IN2. The van der Waals surface area contributed by atoms with Gasteiger partial charge in [-0.1, -0.05) is 23.7 Å². The molecule has 0 saturated heterocycles. The Morgan fingerprint density at radius 3 is 2.48 bits per heavy atom. The van der Waals surface area contributed by atoms with Crippen LogP contribution in [0.2, 0.25) is 5.15 Å². The molecule has 0 aliphatic carbocycles. The molecule has 2 heterocycles. The van der Waals surface area contributed by atoms with Gasteiger partial charge in [-0.3, -0.25) is 4.99 Å². The molecule has 0 saturated carbocycles. The van der Waals surface area contributed by atoms with E-state index < -0.39 is 11.6 Å². The van der Waals surface area contributed by atoms with Gasteiger partial charge in [0.25, 0.3) is 0 Å². The average Bonchev–Trinajstić information content (AvgIpc) is 2.72. The summed E-state index contributed by atoms with van der Waals surface area (Å²) < 4.78 is 29.7. The number of pyridine rings is 1. The number of nitrogens with zero attached hydrogens (tertiary/aromatic N) is 2. The van der Waals surface area contributed by atoms with E-state index in [1.807, 2.05) is 18.2 Å². The van der Waals surface area contributed by atoms with Gasteiger partial charge in [0.2, 0.25) is 0 Å². The van der Waals surface area contributed by atoms with Crippen molar-refractivity contribution in [2.45, 2.75) is 6.54 Å². The summed E-state index contributed by atoms with van der Waals surface area (Å²) in [5.41, 5.74) is 3.44. The van der Waals surface area contributed by atoms with Crippen LogP contribution in [-0.4, -0.2) is 10.7 Å². The Morgan fingerprint density at radius 2 is 1.72 bits per heavy atom. The van der Waals surface area contributed by atoms with Gasteiger partial charge in [-0.15, -0.1) is 0 Å². The summed E-state index contributed by atoms with van der Waals surface area (Å²) in [6, 6.07) is 11.3. The second-order valence-electron chi connectivity index (χ2n) is 5.62. The maximum atomic E-state index is 14.4. The molecule has 25 heavy (non-hydrogen) atoms. The highest BCUT2D eigenvalue weighted by Gasteiger charge is 2.24. The fourth-order valence-corrected chi connectivity index (χ4v) is 3.62. The van der Waals surface area contributed by atoms with Crippen LogP contribution in [-0.2, 0) is 6.54 Å². The molecule has 0 fully saturated rings. The van der Waals surface area contributed by atoms with E-state index in [1.54, 1.807) is 12.3 Å². The molecule has 2 nitrogen and oxygen atoms in total. The standard InChI is InChI=1S/C19H10ClF2IN2/c20-17-7-13-10(8-24-17)9-25-19(14-6-11(23)4-5-12(13)14)18-15(21)2-1-3-16(18)22/h1-8H,9H2. The van der Waals surface area contributed by atoms with Gasteiger partial charge in [-0.25, -0.2) is 13.8 Å². The molecule has 4 rings (SSSR count).